The molecule has 1 aromatic carbocycles. The van der Waals surface area contributed by atoms with E-state index in [1.807, 2.05) is 0 Å². The molecule has 0 amide bonds. The predicted octanol–water partition coefficient (Wildman–Crippen LogP) is 3.45. The number of rotatable bonds is 5. The fourth-order valence-corrected chi connectivity index (χ4v) is 6.74. The Morgan fingerprint density at radius 2 is 1.92 bits per heavy atom. The summed E-state index contributed by atoms with van der Waals surface area (Å²) in [5.74, 6) is 1.12. The lowest BCUT2D eigenvalue weighted by Gasteiger charge is -2.42. The molecule has 2 fully saturated rings. The third-order valence-corrected chi connectivity index (χ3v) is 8.91. The van der Waals surface area contributed by atoms with Crippen molar-refractivity contribution in [3.8, 4) is 6.01 Å². The maximum atomic E-state index is 6.34. The van der Waals surface area contributed by atoms with Crippen LogP contribution in [0.1, 0.15) is 56.4 Å². The zero-order valence-corrected chi connectivity index (χ0v) is 22.2. The van der Waals surface area contributed by atoms with Crippen LogP contribution in [0.25, 0.3) is 0 Å². The first-order valence-corrected chi connectivity index (χ1v) is 14.1. The first-order valence-electron chi connectivity index (χ1n) is 14.1. The van der Waals surface area contributed by atoms with Crippen LogP contribution in [-0.4, -0.2) is 78.9 Å². The number of para-hydroxylation sites is 1. The quantitative estimate of drug-likeness (QED) is 0.689. The van der Waals surface area contributed by atoms with Gasteiger partial charge in [0.25, 0.3) is 0 Å². The van der Waals surface area contributed by atoms with E-state index in [-0.39, 0.29) is 0 Å². The molecule has 2 saturated heterocycles. The first-order chi connectivity index (χ1) is 17.6. The van der Waals surface area contributed by atoms with Gasteiger partial charge in [-0.2, -0.15) is 9.97 Å². The van der Waals surface area contributed by atoms with E-state index in [1.54, 1.807) is 0 Å². The number of nitrogens with one attached hydrogen (secondary N) is 1. The number of aryl methyl sites for hydroxylation is 1. The highest BCUT2D eigenvalue weighted by Gasteiger charge is 2.34. The monoisotopic (exact) mass is 490 g/mol. The van der Waals surface area contributed by atoms with Gasteiger partial charge >= 0.3 is 6.01 Å². The van der Waals surface area contributed by atoms with Crippen molar-refractivity contribution in [1.29, 1.82) is 0 Å². The second kappa shape index (κ2) is 10.2. The lowest BCUT2D eigenvalue weighted by atomic mass is 9.88. The summed E-state index contributed by atoms with van der Waals surface area (Å²) in [6.45, 7) is 9.49. The highest BCUT2D eigenvalue weighted by molar-refractivity contribution is 5.58. The Kier molecular flexibility index (Phi) is 6.78. The summed E-state index contributed by atoms with van der Waals surface area (Å²) >= 11 is 0. The van der Waals surface area contributed by atoms with Gasteiger partial charge < -0.3 is 24.8 Å². The maximum Gasteiger partial charge on any atom is 0.318 e. The van der Waals surface area contributed by atoms with Crippen LogP contribution < -0.4 is 19.9 Å². The van der Waals surface area contributed by atoms with Crippen LogP contribution in [0.3, 0.4) is 0 Å². The van der Waals surface area contributed by atoms with Gasteiger partial charge in [0.05, 0.1) is 5.69 Å². The standard InChI is InChI=1S/C29H42N6O/c1-20-18-35(21(2)17-30-20)28-25-13-12-23(34-15-6-9-22-8-4-5-11-27(22)34)16-26(25)31-29(32-28)36-19-24-10-7-14-33(24)3/h4-5,8,11,20-21,23-24,30H,6-7,9-10,12-19H2,1-3H3/t20-,21+,23+,24+/m1/s1. The van der Waals surface area contributed by atoms with Gasteiger partial charge in [-0.3, -0.25) is 0 Å². The minimum atomic E-state index is 0.403. The average molecular weight is 491 g/mol. The molecule has 7 heteroatoms. The van der Waals surface area contributed by atoms with E-state index >= 15 is 0 Å². The number of likely N-dealkylation sites (tertiary alicyclic amines) is 1. The molecule has 0 saturated carbocycles. The molecule has 0 spiro atoms. The highest BCUT2D eigenvalue weighted by Crippen LogP contribution is 2.37. The smallest absolute Gasteiger partial charge is 0.318 e. The van der Waals surface area contributed by atoms with Crippen LogP contribution in [-0.2, 0) is 19.3 Å². The van der Waals surface area contributed by atoms with Gasteiger partial charge in [-0.25, -0.2) is 0 Å². The van der Waals surface area contributed by atoms with Crippen LogP contribution in [0.5, 0.6) is 6.01 Å². The first kappa shape index (κ1) is 24.0. The molecule has 36 heavy (non-hydrogen) atoms. The van der Waals surface area contributed by atoms with Crippen molar-refractivity contribution < 1.29 is 4.74 Å². The van der Waals surface area contributed by atoms with E-state index in [0.717, 1.165) is 51.3 Å². The van der Waals surface area contributed by atoms with Gasteiger partial charge in [0.15, 0.2) is 0 Å². The molecule has 1 aliphatic carbocycles. The molecular formula is C29H42N6O. The molecule has 0 bridgehead atoms. The van der Waals surface area contributed by atoms with Crippen LogP contribution in [0.2, 0.25) is 0 Å². The summed E-state index contributed by atoms with van der Waals surface area (Å²) in [6.07, 6.45) is 8.01. The average Bonchev–Trinajstić information content (AvgIpc) is 3.32. The molecule has 0 radical (unpaired) electrons. The topological polar surface area (TPSA) is 56.8 Å². The van der Waals surface area contributed by atoms with Crippen LogP contribution >= 0.6 is 0 Å². The van der Waals surface area contributed by atoms with Crippen LogP contribution in [0.4, 0.5) is 11.5 Å². The fourth-order valence-electron chi connectivity index (χ4n) is 6.74. The second-order valence-corrected chi connectivity index (χ2v) is 11.5. The number of nitrogens with zero attached hydrogens (tertiary/aromatic N) is 5. The minimum absolute atomic E-state index is 0.403. The van der Waals surface area contributed by atoms with E-state index in [9.17, 15) is 0 Å². The van der Waals surface area contributed by atoms with E-state index < -0.39 is 0 Å². The largest absolute Gasteiger partial charge is 0.462 e. The number of likely N-dealkylation sites (N-methyl/N-ethyl adjacent to an activating group) is 1. The summed E-state index contributed by atoms with van der Waals surface area (Å²) in [5, 5.41) is 3.62. The molecule has 1 N–H and O–H groups in total. The molecule has 4 heterocycles. The molecule has 6 rings (SSSR count). The summed E-state index contributed by atoms with van der Waals surface area (Å²) in [5.41, 5.74) is 5.47. The summed E-state index contributed by atoms with van der Waals surface area (Å²) in [6, 6.07) is 11.3. The van der Waals surface area contributed by atoms with E-state index in [2.05, 4.69) is 65.2 Å². The summed E-state index contributed by atoms with van der Waals surface area (Å²) in [7, 11) is 2.20. The van der Waals surface area contributed by atoms with Crippen LogP contribution in [0, 0.1) is 0 Å². The SMILES string of the molecule is C[C@@H]1CN(c2nc(OC[C@@H]3CCCN3C)nc3c2CC[C@H](N2CCCc4ccccc42)C3)[C@@H](C)CN1. The number of hydrogen-bond acceptors (Lipinski definition) is 7. The van der Waals surface area contributed by atoms with Gasteiger partial charge in [-0.1, -0.05) is 18.2 Å². The summed E-state index contributed by atoms with van der Waals surface area (Å²) in [4.78, 5) is 17.7. The number of anilines is 2. The van der Waals surface area contributed by atoms with Crippen molar-refractivity contribution in [2.45, 2.75) is 83.0 Å². The Labute approximate surface area is 216 Å². The molecule has 0 unspecified atom stereocenters. The third-order valence-electron chi connectivity index (χ3n) is 8.91. The Morgan fingerprint density at radius 1 is 1.03 bits per heavy atom. The van der Waals surface area contributed by atoms with Crippen molar-refractivity contribution in [1.82, 2.24) is 20.2 Å². The lowest BCUT2D eigenvalue weighted by molar-refractivity contribution is 0.187. The molecular weight excluding hydrogens is 448 g/mol. The number of benzene rings is 1. The van der Waals surface area contributed by atoms with Crippen molar-refractivity contribution in [3.05, 3.63) is 41.1 Å². The van der Waals surface area contributed by atoms with Crippen LogP contribution in [0.15, 0.2) is 24.3 Å². The van der Waals surface area contributed by atoms with E-state index in [4.69, 9.17) is 14.7 Å². The molecule has 4 aliphatic rings. The van der Waals surface area contributed by atoms with E-state index in [0.29, 0.717) is 36.8 Å². The second-order valence-electron chi connectivity index (χ2n) is 11.5. The van der Waals surface area contributed by atoms with Gasteiger partial charge in [0.2, 0.25) is 0 Å². The van der Waals surface area contributed by atoms with Crippen molar-refractivity contribution in [3.63, 3.8) is 0 Å². The zero-order valence-electron chi connectivity index (χ0n) is 22.2. The Morgan fingerprint density at radius 3 is 2.78 bits per heavy atom. The number of aromatic nitrogens is 2. The zero-order chi connectivity index (χ0) is 24.6. The van der Waals surface area contributed by atoms with Crippen molar-refractivity contribution in [2.24, 2.45) is 0 Å². The Hall–Kier alpha value is -2.38. The maximum absolute atomic E-state index is 6.34. The molecule has 3 aliphatic heterocycles. The number of piperazine rings is 1. The highest BCUT2D eigenvalue weighted by atomic mass is 16.5. The molecule has 2 aromatic rings. The Bertz CT molecular complexity index is 1080. The molecule has 4 atom stereocenters. The minimum Gasteiger partial charge on any atom is -0.462 e. The number of ether oxygens (including phenoxy) is 1. The lowest BCUT2D eigenvalue weighted by Crippen LogP contribution is -2.55. The normalized spacial score (nSPS) is 28.6. The third kappa shape index (κ3) is 4.68. The number of hydrogen-bond donors (Lipinski definition) is 1. The summed E-state index contributed by atoms with van der Waals surface area (Å²) < 4.78 is 6.34. The molecule has 1 aromatic heterocycles. The molecule has 194 valence electrons. The number of fused-ring (bicyclic) bond motifs is 2. The Balaban J connectivity index is 1.30. The van der Waals surface area contributed by atoms with E-state index in [1.165, 1.54) is 48.2 Å². The predicted molar refractivity (Wildman–Crippen MR) is 145 cm³/mol. The molecule has 7 nitrogen and oxygen atoms in total. The van der Waals surface area contributed by atoms with Gasteiger partial charge in [0.1, 0.15) is 12.4 Å². The van der Waals surface area contributed by atoms with Gasteiger partial charge in [-0.05, 0) is 77.6 Å². The van der Waals surface area contributed by atoms with Crippen molar-refractivity contribution in [2.75, 3.05) is 49.6 Å². The van der Waals surface area contributed by atoms with Gasteiger partial charge in [-0.15, -0.1) is 0 Å². The fraction of sp³-hybridized carbons (Fsp3) is 0.655. The van der Waals surface area contributed by atoms with Gasteiger partial charge in [0, 0.05) is 61.5 Å². The van der Waals surface area contributed by atoms with Crippen molar-refractivity contribution >= 4 is 11.5 Å².